The second kappa shape index (κ2) is 4.84. The van der Waals surface area contributed by atoms with Crippen LogP contribution in [0.15, 0.2) is 0 Å². The number of nitrogens with one attached hydrogen (secondary N) is 1. The predicted octanol–water partition coefficient (Wildman–Crippen LogP) is 0.953. The van der Waals surface area contributed by atoms with Crippen LogP contribution in [0.5, 0.6) is 0 Å². The predicted molar refractivity (Wildman–Crippen MR) is 57.6 cm³/mol. The van der Waals surface area contributed by atoms with Crippen LogP contribution in [0.25, 0.3) is 0 Å². The van der Waals surface area contributed by atoms with Crippen LogP contribution in [0.1, 0.15) is 32.1 Å². The van der Waals surface area contributed by atoms with E-state index in [1.165, 1.54) is 32.1 Å². The number of urea groups is 1. The first-order chi connectivity index (χ1) is 7.31. The van der Waals surface area contributed by atoms with Crippen molar-refractivity contribution >= 4 is 6.03 Å². The van der Waals surface area contributed by atoms with E-state index < -0.39 is 0 Å². The first-order valence-corrected chi connectivity index (χ1v) is 5.97. The van der Waals surface area contributed by atoms with Gasteiger partial charge in [-0.3, -0.25) is 0 Å². The third-order valence-corrected chi connectivity index (χ3v) is 3.60. The van der Waals surface area contributed by atoms with Gasteiger partial charge in [-0.1, -0.05) is 19.3 Å². The smallest absolute Gasteiger partial charge is 0.317 e. The van der Waals surface area contributed by atoms with Crippen molar-refractivity contribution in [3.8, 4) is 0 Å². The van der Waals surface area contributed by atoms with Gasteiger partial charge in [-0.05, 0) is 18.8 Å². The van der Waals surface area contributed by atoms with Crippen LogP contribution in [0, 0.1) is 5.92 Å². The summed E-state index contributed by atoms with van der Waals surface area (Å²) in [7, 11) is 0. The Labute approximate surface area is 90.6 Å². The van der Waals surface area contributed by atoms with Gasteiger partial charge >= 0.3 is 6.03 Å². The molecule has 1 saturated heterocycles. The largest absolute Gasteiger partial charge is 0.395 e. The number of amides is 2. The number of carbonyl (C=O) groups excluding carboxylic acids is 1. The minimum atomic E-state index is -0.000349. The number of hydrogen-bond donors (Lipinski definition) is 2. The molecule has 0 aromatic rings. The first-order valence-electron chi connectivity index (χ1n) is 5.97. The van der Waals surface area contributed by atoms with E-state index in [4.69, 9.17) is 5.11 Å². The quantitative estimate of drug-likeness (QED) is 0.732. The number of carbonyl (C=O) groups is 1. The number of nitrogens with zero attached hydrogens (tertiary/aromatic N) is 1. The molecule has 86 valence electrons. The first kappa shape index (κ1) is 10.7. The topological polar surface area (TPSA) is 52.6 Å². The lowest BCUT2D eigenvalue weighted by Crippen LogP contribution is -2.35. The number of aliphatic hydroxyl groups excluding tert-OH is 1. The van der Waals surface area contributed by atoms with Crippen LogP contribution < -0.4 is 5.32 Å². The molecule has 2 rings (SSSR count). The van der Waals surface area contributed by atoms with Crippen molar-refractivity contribution in [3.05, 3.63) is 0 Å². The summed E-state index contributed by atoms with van der Waals surface area (Å²) in [5.41, 5.74) is 0. The molecular formula is C11H20N2O2. The second-order valence-corrected chi connectivity index (χ2v) is 4.62. The Hall–Kier alpha value is -0.770. The number of aliphatic hydroxyl groups is 1. The molecule has 2 amide bonds. The molecule has 1 saturated carbocycles. The summed E-state index contributed by atoms with van der Waals surface area (Å²) in [6.07, 6.45) is 6.45. The number of rotatable bonds is 3. The van der Waals surface area contributed by atoms with Crippen LogP contribution in [-0.4, -0.2) is 41.8 Å². The fourth-order valence-electron chi connectivity index (χ4n) is 2.73. The van der Waals surface area contributed by atoms with Crippen molar-refractivity contribution < 1.29 is 9.90 Å². The van der Waals surface area contributed by atoms with Gasteiger partial charge < -0.3 is 15.3 Å². The van der Waals surface area contributed by atoms with Gasteiger partial charge in [-0.2, -0.15) is 0 Å². The van der Waals surface area contributed by atoms with E-state index in [0.29, 0.717) is 18.5 Å². The fraction of sp³-hybridized carbons (Fsp3) is 0.909. The maximum absolute atomic E-state index is 11.5. The Morgan fingerprint density at radius 1 is 1.33 bits per heavy atom. The average molecular weight is 212 g/mol. The molecule has 0 radical (unpaired) electrons. The molecule has 1 unspecified atom stereocenters. The SMILES string of the molecule is O=C1NC(C2CCCCC2)CN1CCO. The zero-order chi connectivity index (χ0) is 10.7. The molecule has 1 heterocycles. The highest BCUT2D eigenvalue weighted by molar-refractivity contribution is 5.76. The van der Waals surface area contributed by atoms with E-state index in [1.807, 2.05) is 0 Å². The van der Waals surface area contributed by atoms with Gasteiger partial charge in [0.2, 0.25) is 0 Å². The highest BCUT2D eigenvalue weighted by Gasteiger charge is 2.33. The molecule has 0 aromatic heterocycles. The average Bonchev–Trinajstić information content (AvgIpc) is 2.63. The molecule has 2 aliphatic rings. The summed E-state index contributed by atoms with van der Waals surface area (Å²) in [5.74, 6) is 0.659. The minimum absolute atomic E-state index is 0.000349. The van der Waals surface area contributed by atoms with Crippen molar-refractivity contribution in [2.24, 2.45) is 5.92 Å². The lowest BCUT2D eigenvalue weighted by Gasteiger charge is -2.26. The van der Waals surface area contributed by atoms with Gasteiger partial charge in [0.1, 0.15) is 0 Å². The molecule has 4 nitrogen and oxygen atoms in total. The summed E-state index contributed by atoms with van der Waals surface area (Å²) in [5, 5.41) is 11.9. The Bertz CT molecular complexity index is 227. The molecule has 2 fully saturated rings. The Morgan fingerprint density at radius 3 is 2.73 bits per heavy atom. The van der Waals surface area contributed by atoms with Crippen molar-refractivity contribution in [1.29, 1.82) is 0 Å². The maximum atomic E-state index is 11.5. The van der Waals surface area contributed by atoms with Gasteiger partial charge in [0, 0.05) is 13.1 Å². The third kappa shape index (κ3) is 2.43. The van der Waals surface area contributed by atoms with E-state index in [0.717, 1.165) is 6.54 Å². The van der Waals surface area contributed by atoms with E-state index in [1.54, 1.807) is 4.90 Å². The van der Waals surface area contributed by atoms with Crippen LogP contribution >= 0.6 is 0 Å². The summed E-state index contributed by atoms with van der Waals surface area (Å²) >= 11 is 0. The summed E-state index contributed by atoms with van der Waals surface area (Å²) in [6.45, 7) is 1.31. The fourth-order valence-corrected chi connectivity index (χ4v) is 2.73. The highest BCUT2D eigenvalue weighted by Crippen LogP contribution is 2.28. The second-order valence-electron chi connectivity index (χ2n) is 4.62. The third-order valence-electron chi connectivity index (χ3n) is 3.60. The van der Waals surface area contributed by atoms with E-state index in [2.05, 4.69) is 5.32 Å². The van der Waals surface area contributed by atoms with Crippen molar-refractivity contribution in [3.63, 3.8) is 0 Å². The molecule has 4 heteroatoms. The zero-order valence-corrected chi connectivity index (χ0v) is 9.11. The normalized spacial score (nSPS) is 28.2. The van der Waals surface area contributed by atoms with Crippen molar-refractivity contribution in [2.75, 3.05) is 19.7 Å². The Balaban J connectivity index is 1.87. The van der Waals surface area contributed by atoms with Crippen molar-refractivity contribution in [1.82, 2.24) is 10.2 Å². The summed E-state index contributed by atoms with van der Waals surface area (Å²) in [4.78, 5) is 13.2. The van der Waals surface area contributed by atoms with E-state index in [9.17, 15) is 4.79 Å². The molecule has 15 heavy (non-hydrogen) atoms. The van der Waals surface area contributed by atoms with Crippen LogP contribution in [0.4, 0.5) is 4.79 Å². The number of β-amino-alcohol motifs (C(OH)–C–C–N with tert-alkyl or cyclic N) is 1. The van der Waals surface area contributed by atoms with Gasteiger partial charge in [0.15, 0.2) is 0 Å². The number of hydrogen-bond acceptors (Lipinski definition) is 2. The van der Waals surface area contributed by atoms with Crippen LogP contribution in [-0.2, 0) is 0 Å². The van der Waals surface area contributed by atoms with Gasteiger partial charge in [0.05, 0.1) is 12.6 Å². The molecule has 1 aliphatic carbocycles. The summed E-state index contributed by atoms with van der Waals surface area (Å²) in [6, 6.07) is 0.323. The van der Waals surface area contributed by atoms with Crippen LogP contribution in [0.2, 0.25) is 0 Å². The van der Waals surface area contributed by atoms with Gasteiger partial charge in [-0.15, -0.1) is 0 Å². The molecule has 0 spiro atoms. The summed E-state index contributed by atoms with van der Waals surface area (Å²) < 4.78 is 0. The Kier molecular flexibility index (Phi) is 3.46. The monoisotopic (exact) mass is 212 g/mol. The van der Waals surface area contributed by atoms with Gasteiger partial charge in [-0.25, -0.2) is 4.79 Å². The Morgan fingerprint density at radius 2 is 2.07 bits per heavy atom. The molecular weight excluding hydrogens is 192 g/mol. The van der Waals surface area contributed by atoms with Crippen LogP contribution in [0.3, 0.4) is 0 Å². The molecule has 1 atom stereocenters. The lowest BCUT2D eigenvalue weighted by atomic mass is 9.84. The minimum Gasteiger partial charge on any atom is -0.395 e. The van der Waals surface area contributed by atoms with E-state index in [-0.39, 0.29) is 12.6 Å². The molecule has 0 bridgehead atoms. The molecule has 0 aromatic carbocycles. The van der Waals surface area contributed by atoms with Crippen molar-refractivity contribution in [2.45, 2.75) is 38.1 Å². The standard InChI is InChI=1S/C11H20N2O2/c14-7-6-13-8-10(12-11(13)15)9-4-2-1-3-5-9/h9-10,14H,1-8H2,(H,12,15). The molecule has 1 aliphatic heterocycles. The zero-order valence-electron chi connectivity index (χ0n) is 9.11. The van der Waals surface area contributed by atoms with Gasteiger partial charge in [0.25, 0.3) is 0 Å². The lowest BCUT2D eigenvalue weighted by molar-refractivity contribution is 0.195. The maximum Gasteiger partial charge on any atom is 0.317 e. The molecule has 2 N–H and O–H groups in total. The van der Waals surface area contributed by atoms with E-state index >= 15 is 0 Å². The highest BCUT2D eigenvalue weighted by atomic mass is 16.3.